The van der Waals surface area contributed by atoms with E-state index in [1.54, 1.807) is 0 Å². The number of piperazine rings is 1. The van der Waals surface area contributed by atoms with Gasteiger partial charge in [0.15, 0.2) is 5.65 Å². The minimum atomic E-state index is -4.20. The number of fused-ring (bicyclic) bond motifs is 1. The predicted octanol–water partition coefficient (Wildman–Crippen LogP) is 5.41. The number of rotatable bonds is 5. The molecule has 1 aromatic carbocycles. The molecule has 0 bridgehead atoms. The number of alkyl halides is 3. The molecule has 0 atom stereocenters. The van der Waals surface area contributed by atoms with Crippen LogP contribution in [0.25, 0.3) is 22.3 Å². The summed E-state index contributed by atoms with van der Waals surface area (Å²) < 4.78 is 53.4. The van der Waals surface area contributed by atoms with Crippen molar-refractivity contribution in [1.82, 2.24) is 25.0 Å². The Morgan fingerprint density at radius 3 is 2.37 bits per heavy atom. The number of hydrogen-bond acceptors (Lipinski definition) is 5. The average molecular weight is 494 g/mol. The van der Waals surface area contributed by atoms with Gasteiger partial charge in [-0.05, 0) is 58.4 Å². The maximum absolute atomic E-state index is 14.6. The number of halogens is 4. The molecule has 1 aliphatic heterocycles. The summed E-state index contributed by atoms with van der Waals surface area (Å²) in [5.41, 5.74) is 1.98. The van der Waals surface area contributed by atoms with Crippen LogP contribution in [0, 0.1) is 12.7 Å². The Morgan fingerprint density at radius 1 is 1.06 bits per heavy atom. The summed E-state index contributed by atoms with van der Waals surface area (Å²) in [6.45, 7) is 11.4. The molecule has 2 aromatic heterocycles. The molecule has 6 nitrogen and oxygen atoms in total. The van der Waals surface area contributed by atoms with E-state index < -0.39 is 29.5 Å². The van der Waals surface area contributed by atoms with Crippen LogP contribution < -0.4 is 0 Å². The summed E-state index contributed by atoms with van der Waals surface area (Å²) >= 11 is 0. The minimum absolute atomic E-state index is 0.0433. The molecule has 4 rings (SSSR count). The molecule has 10 heteroatoms. The summed E-state index contributed by atoms with van der Waals surface area (Å²) in [6, 6.07) is 5.77. The van der Waals surface area contributed by atoms with Crippen molar-refractivity contribution in [3.63, 3.8) is 0 Å². The first-order valence-corrected chi connectivity index (χ1v) is 11.6. The fourth-order valence-corrected chi connectivity index (χ4v) is 4.92. The molecule has 3 heterocycles. The van der Waals surface area contributed by atoms with Crippen molar-refractivity contribution in [2.75, 3.05) is 19.6 Å². The number of aromatic nitrogens is 3. The van der Waals surface area contributed by atoms with Gasteiger partial charge in [-0.2, -0.15) is 18.3 Å². The Kier molecular flexibility index (Phi) is 6.34. The number of aromatic amines is 1. The summed E-state index contributed by atoms with van der Waals surface area (Å²) in [4.78, 5) is 8.71. The largest absolute Gasteiger partial charge is 0.508 e. The van der Waals surface area contributed by atoms with E-state index in [2.05, 4.69) is 20.1 Å². The highest BCUT2D eigenvalue weighted by Gasteiger charge is 2.44. The number of hydrogen-bond donors (Lipinski definition) is 2. The van der Waals surface area contributed by atoms with E-state index in [0.29, 0.717) is 31.0 Å². The molecule has 1 saturated heterocycles. The highest BCUT2D eigenvalue weighted by atomic mass is 19.4. The second-order valence-electron chi connectivity index (χ2n) is 10.6. The summed E-state index contributed by atoms with van der Waals surface area (Å²) in [5.74, 6) is -0.759. The monoisotopic (exact) mass is 493 g/mol. The Balaban J connectivity index is 1.69. The maximum atomic E-state index is 14.6. The van der Waals surface area contributed by atoms with E-state index in [1.165, 1.54) is 12.1 Å². The average Bonchev–Trinajstić information content (AvgIpc) is 3.10. The maximum Gasteiger partial charge on any atom is 0.390 e. The molecule has 0 aliphatic carbocycles. The zero-order valence-electron chi connectivity index (χ0n) is 20.6. The molecular formula is C25H31F4N5O. The van der Waals surface area contributed by atoms with Gasteiger partial charge in [0, 0.05) is 60.0 Å². The molecule has 0 saturated carbocycles. The number of phenolic OH excluding ortho intramolecular Hbond substituents is 1. The molecule has 0 unspecified atom stereocenters. The van der Waals surface area contributed by atoms with E-state index in [1.807, 2.05) is 45.6 Å². The van der Waals surface area contributed by atoms with Gasteiger partial charge in [0.1, 0.15) is 11.6 Å². The lowest BCUT2D eigenvalue weighted by atomic mass is 9.88. The quantitative estimate of drug-likeness (QED) is 0.466. The number of phenols is 1. The normalized spacial score (nSPS) is 18.9. The lowest BCUT2D eigenvalue weighted by molar-refractivity contribution is -0.148. The molecule has 190 valence electrons. The first-order valence-electron chi connectivity index (χ1n) is 11.6. The number of H-pyrrole nitrogens is 1. The van der Waals surface area contributed by atoms with Gasteiger partial charge in [-0.15, -0.1) is 0 Å². The molecule has 2 N–H and O–H groups in total. The molecular weight excluding hydrogens is 462 g/mol. The SMILES string of the molecule is Cc1[nH]nc2nc(-c3ccc(O)cc3F)cc(CN3CC(C)(C)N(CCC(F)(F)F)CC3(C)C)c12. The Labute approximate surface area is 202 Å². The van der Waals surface area contributed by atoms with Gasteiger partial charge < -0.3 is 5.11 Å². The minimum Gasteiger partial charge on any atom is -0.508 e. The number of benzene rings is 1. The second-order valence-corrected chi connectivity index (χ2v) is 10.6. The predicted molar refractivity (Wildman–Crippen MR) is 126 cm³/mol. The summed E-state index contributed by atoms with van der Waals surface area (Å²) in [6.07, 6.45) is -5.04. The zero-order valence-corrected chi connectivity index (χ0v) is 20.6. The molecule has 3 aromatic rings. The van der Waals surface area contributed by atoms with Crippen LogP contribution in [-0.4, -0.2) is 67.0 Å². The smallest absolute Gasteiger partial charge is 0.390 e. The van der Waals surface area contributed by atoms with Crippen LogP contribution in [0.5, 0.6) is 5.75 Å². The molecule has 0 spiro atoms. The van der Waals surface area contributed by atoms with Crippen LogP contribution in [0.1, 0.15) is 45.4 Å². The highest BCUT2D eigenvalue weighted by molar-refractivity contribution is 5.84. The molecule has 0 amide bonds. The van der Waals surface area contributed by atoms with Gasteiger partial charge in [-0.3, -0.25) is 14.9 Å². The van der Waals surface area contributed by atoms with Crippen LogP contribution >= 0.6 is 0 Å². The van der Waals surface area contributed by atoms with E-state index in [-0.39, 0.29) is 17.9 Å². The van der Waals surface area contributed by atoms with Crippen LogP contribution in [0.3, 0.4) is 0 Å². The van der Waals surface area contributed by atoms with E-state index in [4.69, 9.17) is 0 Å². The molecule has 1 fully saturated rings. The van der Waals surface area contributed by atoms with Crippen molar-refractivity contribution in [1.29, 1.82) is 0 Å². The van der Waals surface area contributed by atoms with Crippen LogP contribution in [-0.2, 0) is 6.54 Å². The number of nitrogens with zero attached hydrogens (tertiary/aromatic N) is 4. The Morgan fingerprint density at radius 2 is 1.71 bits per heavy atom. The fourth-order valence-electron chi connectivity index (χ4n) is 4.92. The molecule has 35 heavy (non-hydrogen) atoms. The molecule has 1 aliphatic rings. The topological polar surface area (TPSA) is 68.3 Å². The lowest BCUT2D eigenvalue weighted by Gasteiger charge is -2.55. The second kappa shape index (κ2) is 8.74. The first kappa shape index (κ1) is 25.4. The van der Waals surface area contributed by atoms with Crippen molar-refractivity contribution in [3.8, 4) is 17.0 Å². The van der Waals surface area contributed by atoms with E-state index in [0.717, 1.165) is 22.7 Å². The number of aryl methyl sites for hydroxylation is 1. The van der Waals surface area contributed by atoms with Crippen LogP contribution in [0.2, 0.25) is 0 Å². The van der Waals surface area contributed by atoms with Gasteiger partial charge in [0.25, 0.3) is 0 Å². The third kappa shape index (κ3) is 5.28. The summed E-state index contributed by atoms with van der Waals surface area (Å²) in [5, 5.41) is 17.7. The van der Waals surface area contributed by atoms with Crippen LogP contribution in [0.15, 0.2) is 24.3 Å². The standard InChI is InChI=1S/C25H31F4N5O/c1-15-21-16(10-20(30-22(21)32-31-15)18-7-6-17(35)11-19(18)26)12-34-14-23(2,3)33(13-24(34,4)5)9-8-25(27,28)29/h6-7,10-11,35H,8-9,12-14H2,1-5H3,(H,30,31,32). The molecule has 0 radical (unpaired) electrons. The van der Waals surface area contributed by atoms with Gasteiger partial charge in [0.2, 0.25) is 0 Å². The zero-order chi connectivity index (χ0) is 25.8. The summed E-state index contributed by atoms with van der Waals surface area (Å²) in [7, 11) is 0. The Hall–Kier alpha value is -2.72. The third-order valence-corrected chi connectivity index (χ3v) is 6.91. The van der Waals surface area contributed by atoms with Gasteiger partial charge in [0.05, 0.1) is 12.1 Å². The lowest BCUT2D eigenvalue weighted by Crippen LogP contribution is -2.67. The van der Waals surface area contributed by atoms with Gasteiger partial charge in [-0.25, -0.2) is 9.37 Å². The Bertz CT molecular complexity index is 1230. The van der Waals surface area contributed by atoms with Gasteiger partial charge >= 0.3 is 6.18 Å². The van der Waals surface area contributed by atoms with Crippen LogP contribution in [0.4, 0.5) is 17.6 Å². The van der Waals surface area contributed by atoms with Crippen molar-refractivity contribution in [2.45, 2.75) is 64.8 Å². The number of aromatic hydroxyl groups is 1. The van der Waals surface area contributed by atoms with E-state index >= 15 is 0 Å². The third-order valence-electron chi connectivity index (χ3n) is 6.91. The highest BCUT2D eigenvalue weighted by Crippen LogP contribution is 2.36. The first-order chi connectivity index (χ1) is 16.2. The van der Waals surface area contributed by atoms with Crippen molar-refractivity contribution in [3.05, 3.63) is 41.3 Å². The van der Waals surface area contributed by atoms with Gasteiger partial charge in [-0.1, -0.05) is 0 Å². The van der Waals surface area contributed by atoms with Crippen molar-refractivity contribution < 1.29 is 22.7 Å². The van der Waals surface area contributed by atoms with E-state index in [9.17, 15) is 22.7 Å². The fraction of sp³-hybridized carbons (Fsp3) is 0.520. The van der Waals surface area contributed by atoms with Crippen molar-refractivity contribution in [2.24, 2.45) is 0 Å². The van der Waals surface area contributed by atoms with Crippen molar-refractivity contribution >= 4 is 11.0 Å². The number of pyridine rings is 1. The number of nitrogens with one attached hydrogen (secondary N) is 1.